The molecule has 4 N–H and O–H groups in total. The first-order valence-electron chi connectivity index (χ1n) is 14.3. The first kappa shape index (κ1) is 31.2. The van der Waals surface area contributed by atoms with Gasteiger partial charge in [0.15, 0.2) is 17.8 Å². The first-order valence-corrected chi connectivity index (χ1v) is 14.3. The number of aliphatic hydroxyl groups is 1. The second-order valence-electron chi connectivity index (χ2n) is 10.6. The number of methoxy groups -OCH3 is 1. The summed E-state index contributed by atoms with van der Waals surface area (Å²) >= 11 is 0. The summed E-state index contributed by atoms with van der Waals surface area (Å²) in [5.74, 6) is -0.266. The highest BCUT2D eigenvalue weighted by Crippen LogP contribution is 2.33. The molecule has 0 aliphatic heterocycles. The highest BCUT2D eigenvalue weighted by Gasteiger charge is 2.26. The third-order valence-corrected chi connectivity index (χ3v) is 7.20. The SMILES string of the molecule is COc1ccc2c(Oc3ccc(NC(O)c4c(C)n(CC(C)OC(=O)C(C)N)n(-c5ccccc5)c4=O)cc3F)ccnc2c1. The van der Waals surface area contributed by atoms with E-state index in [1.807, 2.05) is 6.07 Å². The Hall–Kier alpha value is -5.20. The van der Waals surface area contributed by atoms with Crippen LogP contribution >= 0.6 is 0 Å². The Morgan fingerprint density at radius 1 is 1.07 bits per heavy atom. The zero-order chi connectivity index (χ0) is 32.2. The van der Waals surface area contributed by atoms with Gasteiger partial charge in [0.05, 0.1) is 30.4 Å². The van der Waals surface area contributed by atoms with Crippen molar-refractivity contribution in [2.24, 2.45) is 5.73 Å². The normalized spacial score (nSPS) is 13.2. The third kappa shape index (κ3) is 6.66. The number of nitrogens with one attached hydrogen (secondary N) is 1. The van der Waals surface area contributed by atoms with Crippen LogP contribution < -0.4 is 26.1 Å². The van der Waals surface area contributed by atoms with Crippen LogP contribution in [0.3, 0.4) is 0 Å². The summed E-state index contributed by atoms with van der Waals surface area (Å²) in [7, 11) is 1.56. The number of pyridine rings is 1. The minimum absolute atomic E-state index is 0.0394. The number of fused-ring (bicyclic) bond motifs is 1. The standard InChI is InChI=1S/C33H34FN5O6/c1-19(44-33(42)20(2)35)18-38-21(3)30(32(41)39(38)23-8-6-5-7-9-23)31(40)37-22-10-13-29(26(34)16-22)45-28-14-15-36-27-17-24(43-4)11-12-25(27)28/h5-17,19-20,31,37,40H,18,35H2,1-4H3. The van der Waals surface area contributed by atoms with Gasteiger partial charge in [-0.1, -0.05) is 18.2 Å². The van der Waals surface area contributed by atoms with Gasteiger partial charge in [0.2, 0.25) is 0 Å². The molecule has 0 amide bonds. The van der Waals surface area contributed by atoms with E-state index in [0.29, 0.717) is 33.8 Å². The monoisotopic (exact) mass is 615 g/mol. The zero-order valence-corrected chi connectivity index (χ0v) is 25.2. The maximum absolute atomic E-state index is 15.3. The van der Waals surface area contributed by atoms with E-state index in [1.54, 1.807) is 80.4 Å². The first-order chi connectivity index (χ1) is 21.6. The topological polar surface area (TPSA) is 143 Å². The van der Waals surface area contributed by atoms with Crippen molar-refractivity contribution in [3.63, 3.8) is 0 Å². The molecule has 0 aliphatic rings. The second kappa shape index (κ2) is 13.2. The van der Waals surface area contributed by atoms with Gasteiger partial charge < -0.3 is 30.4 Å². The van der Waals surface area contributed by atoms with E-state index in [-0.39, 0.29) is 23.5 Å². The van der Waals surface area contributed by atoms with Crippen LogP contribution in [0.5, 0.6) is 17.2 Å². The maximum Gasteiger partial charge on any atom is 0.322 e. The van der Waals surface area contributed by atoms with E-state index in [1.165, 1.54) is 29.8 Å². The Kier molecular flexibility index (Phi) is 9.16. The lowest BCUT2D eigenvalue weighted by atomic mass is 10.2. The number of anilines is 1. The minimum atomic E-state index is -1.50. The lowest BCUT2D eigenvalue weighted by molar-refractivity contribution is -0.150. The number of benzene rings is 3. The fourth-order valence-corrected chi connectivity index (χ4v) is 4.95. The smallest absolute Gasteiger partial charge is 0.322 e. The molecule has 3 unspecified atom stereocenters. The molecule has 3 atom stereocenters. The van der Waals surface area contributed by atoms with E-state index >= 15 is 4.39 Å². The number of carbonyl (C=O) groups excluding carboxylic acids is 1. The number of rotatable bonds is 11. The molecule has 0 fully saturated rings. The molecule has 2 aromatic heterocycles. The van der Waals surface area contributed by atoms with Crippen molar-refractivity contribution in [1.82, 2.24) is 14.3 Å². The summed E-state index contributed by atoms with van der Waals surface area (Å²) in [5.41, 5.74) is 7.00. The van der Waals surface area contributed by atoms with Crippen molar-refractivity contribution in [3.8, 4) is 22.9 Å². The fraction of sp³-hybridized carbons (Fsp3) is 0.242. The van der Waals surface area contributed by atoms with Gasteiger partial charge in [0, 0.05) is 35.1 Å². The number of esters is 1. The van der Waals surface area contributed by atoms with Crippen LogP contribution in [0.15, 0.2) is 83.8 Å². The molecule has 234 valence electrons. The number of hydrogen-bond acceptors (Lipinski definition) is 9. The lowest BCUT2D eigenvalue weighted by Gasteiger charge is -2.20. The van der Waals surface area contributed by atoms with Gasteiger partial charge in [-0.15, -0.1) is 0 Å². The van der Waals surface area contributed by atoms with Crippen LogP contribution in [0.1, 0.15) is 31.3 Å². The van der Waals surface area contributed by atoms with Crippen LogP contribution in [-0.4, -0.2) is 44.7 Å². The van der Waals surface area contributed by atoms with Crippen LogP contribution in [-0.2, 0) is 16.1 Å². The molecular formula is C33H34FN5O6. The number of para-hydroxylation sites is 1. The number of nitrogens with zero attached hydrogens (tertiary/aromatic N) is 3. The Bertz CT molecular complexity index is 1890. The lowest BCUT2D eigenvalue weighted by Crippen LogP contribution is -2.34. The summed E-state index contributed by atoms with van der Waals surface area (Å²) < 4.78 is 34.8. The molecule has 0 radical (unpaired) electrons. The fourth-order valence-electron chi connectivity index (χ4n) is 4.95. The molecule has 11 nitrogen and oxygen atoms in total. The van der Waals surface area contributed by atoms with Crippen LogP contribution in [0.2, 0.25) is 0 Å². The number of nitrogens with two attached hydrogens (primary N) is 1. The Labute approximate surface area is 258 Å². The van der Waals surface area contributed by atoms with E-state index in [4.69, 9.17) is 19.9 Å². The van der Waals surface area contributed by atoms with Gasteiger partial charge >= 0.3 is 5.97 Å². The number of ether oxygens (including phenoxy) is 3. The molecule has 0 spiro atoms. The molecule has 0 bridgehead atoms. The largest absolute Gasteiger partial charge is 0.497 e. The highest BCUT2D eigenvalue weighted by molar-refractivity contribution is 5.86. The van der Waals surface area contributed by atoms with Crippen molar-refractivity contribution in [1.29, 1.82) is 0 Å². The molecule has 0 saturated heterocycles. The number of aliphatic hydroxyl groups excluding tert-OH is 1. The van der Waals surface area contributed by atoms with E-state index in [9.17, 15) is 14.7 Å². The van der Waals surface area contributed by atoms with Gasteiger partial charge in [-0.25, -0.2) is 9.07 Å². The zero-order valence-electron chi connectivity index (χ0n) is 25.2. The summed E-state index contributed by atoms with van der Waals surface area (Å²) in [6.07, 6.45) is -0.578. The second-order valence-corrected chi connectivity index (χ2v) is 10.6. The predicted molar refractivity (Wildman–Crippen MR) is 167 cm³/mol. The number of halogens is 1. The average Bonchev–Trinajstić information content (AvgIpc) is 3.26. The molecule has 0 saturated carbocycles. The van der Waals surface area contributed by atoms with Crippen molar-refractivity contribution in [3.05, 3.63) is 106 Å². The third-order valence-electron chi connectivity index (χ3n) is 7.20. The molecule has 5 rings (SSSR count). The minimum Gasteiger partial charge on any atom is -0.497 e. The van der Waals surface area contributed by atoms with Crippen molar-refractivity contribution >= 4 is 22.6 Å². The van der Waals surface area contributed by atoms with E-state index < -0.39 is 35.7 Å². The summed E-state index contributed by atoms with van der Waals surface area (Å²) in [6.45, 7) is 4.99. The van der Waals surface area contributed by atoms with Gasteiger partial charge in [-0.05, 0) is 63.2 Å². The quantitative estimate of drug-likeness (QED) is 0.141. The van der Waals surface area contributed by atoms with Crippen molar-refractivity contribution in [2.45, 2.75) is 45.7 Å². The van der Waals surface area contributed by atoms with E-state index in [0.717, 1.165) is 0 Å². The summed E-state index contributed by atoms with van der Waals surface area (Å²) in [5, 5.41) is 14.7. The van der Waals surface area contributed by atoms with Gasteiger partial charge in [-0.2, -0.15) is 0 Å². The van der Waals surface area contributed by atoms with Crippen molar-refractivity contribution < 1.29 is 28.5 Å². The molecule has 0 aliphatic carbocycles. The molecule has 12 heteroatoms. The average molecular weight is 616 g/mol. The maximum atomic E-state index is 15.3. The van der Waals surface area contributed by atoms with Crippen LogP contribution in [0.25, 0.3) is 16.6 Å². The Morgan fingerprint density at radius 3 is 2.51 bits per heavy atom. The van der Waals surface area contributed by atoms with E-state index in [2.05, 4.69) is 10.3 Å². The van der Waals surface area contributed by atoms with Crippen LogP contribution in [0, 0.1) is 12.7 Å². The number of carbonyl (C=O) groups is 1. The summed E-state index contributed by atoms with van der Waals surface area (Å²) in [4.78, 5) is 30.1. The van der Waals surface area contributed by atoms with Crippen LogP contribution in [0.4, 0.5) is 10.1 Å². The molecule has 5 aromatic rings. The summed E-state index contributed by atoms with van der Waals surface area (Å²) in [6, 6.07) is 19.1. The Balaban J connectivity index is 1.41. The molecule has 45 heavy (non-hydrogen) atoms. The van der Waals surface area contributed by atoms with Gasteiger partial charge in [-0.3, -0.25) is 19.3 Å². The van der Waals surface area contributed by atoms with Gasteiger partial charge in [0.1, 0.15) is 23.6 Å². The number of aromatic nitrogens is 3. The predicted octanol–water partition coefficient (Wildman–Crippen LogP) is 4.82. The molecule has 3 aromatic carbocycles. The molecular weight excluding hydrogens is 581 g/mol. The van der Waals surface area contributed by atoms with Crippen molar-refractivity contribution in [2.75, 3.05) is 12.4 Å². The van der Waals surface area contributed by atoms with Gasteiger partial charge in [0.25, 0.3) is 5.56 Å². The number of hydrogen-bond donors (Lipinski definition) is 3. The highest BCUT2D eigenvalue weighted by atomic mass is 19.1. The Morgan fingerprint density at radius 2 is 1.82 bits per heavy atom. The molecule has 2 heterocycles.